The fraction of sp³-hybridized carbons (Fsp3) is 0.571. The van der Waals surface area contributed by atoms with E-state index >= 15 is 0 Å². The average molecular weight is 343 g/mol. The molecule has 25 heavy (non-hydrogen) atoms. The van der Waals surface area contributed by atoms with E-state index in [2.05, 4.69) is 29.6 Å². The smallest absolute Gasteiger partial charge is 0.220 e. The first-order valence-electron chi connectivity index (χ1n) is 9.46. The maximum atomic E-state index is 12.4. The summed E-state index contributed by atoms with van der Waals surface area (Å²) in [5.41, 5.74) is 1.23. The molecule has 1 atom stereocenters. The van der Waals surface area contributed by atoms with Gasteiger partial charge in [0, 0.05) is 31.6 Å². The largest absolute Gasteiger partial charge is 0.494 e. The zero-order valence-electron chi connectivity index (χ0n) is 15.1. The van der Waals surface area contributed by atoms with Gasteiger partial charge in [0.15, 0.2) is 0 Å². The second-order valence-electron chi connectivity index (χ2n) is 7.10. The van der Waals surface area contributed by atoms with Crippen molar-refractivity contribution in [2.45, 2.75) is 44.4 Å². The summed E-state index contributed by atoms with van der Waals surface area (Å²) in [6, 6.07) is 8.34. The molecule has 0 saturated carbocycles. The minimum atomic E-state index is -0.0375. The third-order valence-electron chi connectivity index (χ3n) is 5.41. The first-order chi connectivity index (χ1) is 12.2. The SMILES string of the molecule is CCOc1ccc(C2(CNC(=O)CC3C=CCC3)CCOCC2)cc1. The molecule has 0 aromatic heterocycles. The molecule has 1 unspecified atom stereocenters. The Kier molecular flexibility index (Phi) is 6.14. The third kappa shape index (κ3) is 4.63. The number of hydrogen-bond donors (Lipinski definition) is 1. The lowest BCUT2D eigenvalue weighted by molar-refractivity contribution is -0.122. The Morgan fingerprint density at radius 3 is 2.68 bits per heavy atom. The highest BCUT2D eigenvalue weighted by molar-refractivity contribution is 5.76. The molecule has 1 amide bonds. The van der Waals surface area contributed by atoms with Crippen molar-refractivity contribution in [3.8, 4) is 5.75 Å². The van der Waals surface area contributed by atoms with E-state index < -0.39 is 0 Å². The van der Waals surface area contributed by atoms with Gasteiger partial charge in [-0.3, -0.25) is 4.79 Å². The minimum Gasteiger partial charge on any atom is -0.494 e. The molecule has 1 heterocycles. The number of nitrogens with one attached hydrogen (secondary N) is 1. The molecular formula is C21H29NO3. The Morgan fingerprint density at radius 2 is 2.04 bits per heavy atom. The summed E-state index contributed by atoms with van der Waals surface area (Å²) < 4.78 is 11.1. The van der Waals surface area contributed by atoms with Crippen LogP contribution in [-0.4, -0.2) is 32.3 Å². The van der Waals surface area contributed by atoms with Crippen molar-refractivity contribution in [1.29, 1.82) is 0 Å². The second kappa shape index (κ2) is 8.52. The molecule has 1 aliphatic heterocycles. The van der Waals surface area contributed by atoms with Crippen LogP contribution < -0.4 is 10.1 Å². The zero-order chi connectivity index (χ0) is 17.5. The van der Waals surface area contributed by atoms with Crippen molar-refractivity contribution in [3.05, 3.63) is 42.0 Å². The average Bonchev–Trinajstić information content (AvgIpc) is 3.15. The van der Waals surface area contributed by atoms with E-state index in [9.17, 15) is 4.79 Å². The maximum absolute atomic E-state index is 12.4. The van der Waals surface area contributed by atoms with Crippen LogP contribution in [0.25, 0.3) is 0 Å². The van der Waals surface area contributed by atoms with Crippen molar-refractivity contribution in [3.63, 3.8) is 0 Å². The summed E-state index contributed by atoms with van der Waals surface area (Å²) in [6.07, 6.45) is 9.03. The Labute approximate surface area is 150 Å². The van der Waals surface area contributed by atoms with Crippen LogP contribution in [0.5, 0.6) is 5.75 Å². The Bertz CT molecular complexity index is 588. The number of amides is 1. The fourth-order valence-electron chi connectivity index (χ4n) is 3.84. The van der Waals surface area contributed by atoms with Crippen LogP contribution in [0.4, 0.5) is 0 Å². The summed E-state index contributed by atoms with van der Waals surface area (Å²) in [6.45, 7) is 4.83. The van der Waals surface area contributed by atoms with Crippen LogP contribution in [0.2, 0.25) is 0 Å². The first kappa shape index (κ1) is 18.0. The predicted octanol–water partition coefficient (Wildman–Crippen LogP) is 3.61. The number of allylic oxidation sites excluding steroid dienone is 2. The van der Waals surface area contributed by atoms with Crippen molar-refractivity contribution in [2.75, 3.05) is 26.4 Å². The molecule has 3 rings (SSSR count). The van der Waals surface area contributed by atoms with Gasteiger partial charge in [0.25, 0.3) is 0 Å². The first-order valence-corrected chi connectivity index (χ1v) is 9.46. The highest BCUT2D eigenvalue weighted by Gasteiger charge is 2.35. The molecule has 0 spiro atoms. The van der Waals surface area contributed by atoms with E-state index in [-0.39, 0.29) is 11.3 Å². The van der Waals surface area contributed by atoms with Gasteiger partial charge >= 0.3 is 0 Å². The van der Waals surface area contributed by atoms with Gasteiger partial charge in [0.05, 0.1) is 6.61 Å². The van der Waals surface area contributed by atoms with Gasteiger partial charge in [0.1, 0.15) is 5.75 Å². The van der Waals surface area contributed by atoms with Gasteiger partial charge in [-0.15, -0.1) is 0 Å². The van der Waals surface area contributed by atoms with E-state index in [1.807, 2.05) is 19.1 Å². The van der Waals surface area contributed by atoms with Gasteiger partial charge in [0.2, 0.25) is 5.91 Å². The molecule has 1 aliphatic carbocycles. The minimum absolute atomic E-state index is 0.0375. The highest BCUT2D eigenvalue weighted by Crippen LogP contribution is 2.35. The van der Waals surface area contributed by atoms with Crippen LogP contribution >= 0.6 is 0 Å². The predicted molar refractivity (Wildman–Crippen MR) is 98.8 cm³/mol. The number of hydrogen-bond acceptors (Lipinski definition) is 3. The number of benzene rings is 1. The van der Waals surface area contributed by atoms with Gasteiger partial charge in [-0.1, -0.05) is 24.3 Å². The van der Waals surface area contributed by atoms with Crippen LogP contribution in [0.1, 0.15) is 44.6 Å². The second-order valence-corrected chi connectivity index (χ2v) is 7.10. The Balaban J connectivity index is 1.65. The van der Waals surface area contributed by atoms with E-state index in [0.717, 1.165) is 44.6 Å². The summed E-state index contributed by atoms with van der Waals surface area (Å²) in [7, 11) is 0. The molecule has 1 N–H and O–H groups in total. The van der Waals surface area contributed by atoms with E-state index in [1.54, 1.807) is 0 Å². The molecular weight excluding hydrogens is 314 g/mol. The quantitative estimate of drug-likeness (QED) is 0.770. The lowest BCUT2D eigenvalue weighted by Gasteiger charge is -2.38. The molecule has 4 nitrogen and oxygen atoms in total. The molecule has 4 heteroatoms. The molecule has 1 fully saturated rings. The van der Waals surface area contributed by atoms with Crippen molar-refractivity contribution in [1.82, 2.24) is 5.32 Å². The molecule has 136 valence electrons. The van der Waals surface area contributed by atoms with Gasteiger partial charge in [-0.05, 0) is 56.2 Å². The molecule has 0 bridgehead atoms. The zero-order valence-corrected chi connectivity index (χ0v) is 15.1. The van der Waals surface area contributed by atoms with E-state index in [4.69, 9.17) is 9.47 Å². The maximum Gasteiger partial charge on any atom is 0.220 e. The lowest BCUT2D eigenvalue weighted by atomic mass is 9.74. The normalized spacial score (nSPS) is 21.9. The monoisotopic (exact) mass is 343 g/mol. The summed E-state index contributed by atoms with van der Waals surface area (Å²) in [5, 5.41) is 3.20. The molecule has 1 aromatic carbocycles. The topological polar surface area (TPSA) is 47.6 Å². The third-order valence-corrected chi connectivity index (χ3v) is 5.41. The molecule has 1 saturated heterocycles. The standard InChI is InChI=1S/C21H29NO3/c1-2-25-19-9-7-18(8-10-19)21(11-13-24-14-12-21)16-22-20(23)15-17-5-3-4-6-17/h3,5,7-10,17H,2,4,6,11-16H2,1H3,(H,22,23). The van der Waals surface area contributed by atoms with Gasteiger partial charge in [-0.2, -0.15) is 0 Å². The van der Waals surface area contributed by atoms with Crippen molar-refractivity contribution in [2.24, 2.45) is 5.92 Å². The van der Waals surface area contributed by atoms with E-state index in [1.165, 1.54) is 5.56 Å². The van der Waals surface area contributed by atoms with Crippen LogP contribution in [0, 0.1) is 5.92 Å². The Morgan fingerprint density at radius 1 is 1.28 bits per heavy atom. The van der Waals surface area contributed by atoms with Gasteiger partial charge < -0.3 is 14.8 Å². The number of carbonyl (C=O) groups excluding carboxylic acids is 1. The fourth-order valence-corrected chi connectivity index (χ4v) is 3.84. The van der Waals surface area contributed by atoms with Crippen molar-refractivity contribution < 1.29 is 14.3 Å². The summed E-state index contributed by atoms with van der Waals surface area (Å²) in [4.78, 5) is 12.4. The Hall–Kier alpha value is -1.81. The van der Waals surface area contributed by atoms with Gasteiger partial charge in [-0.25, -0.2) is 0 Å². The molecule has 2 aliphatic rings. The molecule has 1 aromatic rings. The van der Waals surface area contributed by atoms with E-state index in [0.29, 0.717) is 25.5 Å². The lowest BCUT2D eigenvalue weighted by Crippen LogP contribution is -2.44. The van der Waals surface area contributed by atoms with Crippen LogP contribution in [0.15, 0.2) is 36.4 Å². The highest BCUT2D eigenvalue weighted by atomic mass is 16.5. The summed E-state index contributed by atoms with van der Waals surface area (Å²) >= 11 is 0. The number of rotatable bonds is 7. The van der Waals surface area contributed by atoms with Crippen LogP contribution in [-0.2, 0) is 14.9 Å². The number of ether oxygens (including phenoxy) is 2. The molecule has 0 radical (unpaired) electrons. The van der Waals surface area contributed by atoms with Crippen LogP contribution in [0.3, 0.4) is 0 Å². The van der Waals surface area contributed by atoms with Crippen molar-refractivity contribution >= 4 is 5.91 Å². The summed E-state index contributed by atoms with van der Waals surface area (Å²) in [5.74, 6) is 1.47. The number of carbonyl (C=O) groups is 1.